The normalized spacial score (nSPS) is 20.5. The van der Waals surface area contributed by atoms with E-state index >= 15 is 0 Å². The number of ether oxygens (including phenoxy) is 1. The fourth-order valence-electron chi connectivity index (χ4n) is 3.74. The molecular formula is C17H27N3O. The Bertz CT molecular complexity index is 495. The second kappa shape index (κ2) is 6.41. The maximum Gasteiger partial charge on any atom is 0.160 e. The monoisotopic (exact) mass is 289 g/mol. The molecule has 4 heteroatoms. The van der Waals surface area contributed by atoms with Crippen molar-refractivity contribution in [2.75, 3.05) is 13.2 Å². The minimum Gasteiger partial charge on any atom is -0.367 e. The molecule has 0 amide bonds. The Labute approximate surface area is 127 Å². The van der Waals surface area contributed by atoms with Crippen molar-refractivity contribution >= 4 is 0 Å². The molecule has 0 aromatic carbocycles. The van der Waals surface area contributed by atoms with E-state index in [4.69, 9.17) is 14.7 Å². The third-order valence-electron chi connectivity index (χ3n) is 4.75. The van der Waals surface area contributed by atoms with Crippen LogP contribution in [0.4, 0.5) is 0 Å². The first-order valence-corrected chi connectivity index (χ1v) is 8.53. The van der Waals surface area contributed by atoms with Crippen LogP contribution in [-0.4, -0.2) is 23.1 Å². The average molecular weight is 289 g/mol. The van der Waals surface area contributed by atoms with Crippen LogP contribution in [0.5, 0.6) is 0 Å². The number of fused-ring (bicyclic) bond motifs is 1. The number of nitrogens with zero attached hydrogens (tertiary/aromatic N) is 2. The highest BCUT2D eigenvalue weighted by molar-refractivity contribution is 5.30. The average Bonchev–Trinajstić information content (AvgIpc) is 2.98. The van der Waals surface area contributed by atoms with E-state index in [0.29, 0.717) is 0 Å². The third-order valence-corrected chi connectivity index (χ3v) is 4.75. The van der Waals surface area contributed by atoms with Gasteiger partial charge in [0.25, 0.3) is 0 Å². The summed E-state index contributed by atoms with van der Waals surface area (Å²) in [5, 5.41) is 3.44. The van der Waals surface area contributed by atoms with E-state index in [1.54, 1.807) is 0 Å². The summed E-state index contributed by atoms with van der Waals surface area (Å²) in [5.74, 6) is 0.952. The van der Waals surface area contributed by atoms with Gasteiger partial charge in [0.2, 0.25) is 0 Å². The van der Waals surface area contributed by atoms with Crippen LogP contribution in [0, 0.1) is 0 Å². The van der Waals surface area contributed by atoms with Crippen LogP contribution in [0.15, 0.2) is 0 Å². The smallest absolute Gasteiger partial charge is 0.160 e. The van der Waals surface area contributed by atoms with Gasteiger partial charge in [0.1, 0.15) is 5.60 Å². The molecule has 2 aliphatic rings. The highest BCUT2D eigenvalue weighted by atomic mass is 16.5. The summed E-state index contributed by atoms with van der Waals surface area (Å²) in [5.41, 5.74) is 3.65. The third kappa shape index (κ3) is 2.84. The lowest BCUT2D eigenvalue weighted by atomic mass is 9.97. The lowest BCUT2D eigenvalue weighted by Gasteiger charge is -2.30. The molecule has 0 spiro atoms. The number of hydrogen-bond donors (Lipinski definition) is 1. The quantitative estimate of drug-likeness (QED) is 0.905. The Morgan fingerprint density at radius 2 is 2.00 bits per heavy atom. The first kappa shape index (κ1) is 14.9. The fraction of sp³-hybridized carbons (Fsp3) is 0.765. The molecule has 1 N–H and O–H groups in total. The second-order valence-electron chi connectivity index (χ2n) is 6.23. The molecule has 3 rings (SSSR count). The molecule has 0 radical (unpaired) electrons. The molecule has 21 heavy (non-hydrogen) atoms. The lowest BCUT2D eigenvalue weighted by molar-refractivity contribution is -0.0460. The van der Waals surface area contributed by atoms with Gasteiger partial charge in [-0.25, -0.2) is 9.97 Å². The fourth-order valence-corrected chi connectivity index (χ4v) is 3.74. The molecule has 0 bridgehead atoms. The van der Waals surface area contributed by atoms with Crippen LogP contribution in [0.2, 0.25) is 0 Å². The minimum atomic E-state index is -0.219. The van der Waals surface area contributed by atoms with Gasteiger partial charge in [-0.15, -0.1) is 0 Å². The van der Waals surface area contributed by atoms with Crippen molar-refractivity contribution in [3.05, 3.63) is 22.8 Å². The van der Waals surface area contributed by atoms with E-state index in [0.717, 1.165) is 57.6 Å². The molecule has 1 saturated carbocycles. The highest BCUT2D eigenvalue weighted by Gasteiger charge is 2.40. The van der Waals surface area contributed by atoms with E-state index in [-0.39, 0.29) is 5.60 Å². The SMILES string of the molecule is CCCc1nc(C2(OCC)CCCC2)nc2c1CCNC2. The molecule has 1 aliphatic carbocycles. The van der Waals surface area contributed by atoms with Crippen LogP contribution in [-0.2, 0) is 29.7 Å². The number of aryl methyl sites for hydroxylation is 1. The van der Waals surface area contributed by atoms with Gasteiger partial charge < -0.3 is 10.1 Å². The zero-order chi connectivity index (χ0) is 14.7. The maximum atomic E-state index is 6.16. The van der Waals surface area contributed by atoms with Gasteiger partial charge in [-0.3, -0.25) is 0 Å². The number of nitrogens with one attached hydrogen (secondary N) is 1. The summed E-state index contributed by atoms with van der Waals surface area (Å²) >= 11 is 0. The predicted octanol–water partition coefficient (Wildman–Crippen LogP) is 2.88. The molecule has 4 nitrogen and oxygen atoms in total. The van der Waals surface area contributed by atoms with Gasteiger partial charge >= 0.3 is 0 Å². The first-order valence-electron chi connectivity index (χ1n) is 8.53. The Balaban J connectivity index is 2.03. The van der Waals surface area contributed by atoms with Gasteiger partial charge in [0.05, 0.1) is 5.69 Å². The van der Waals surface area contributed by atoms with Gasteiger partial charge in [-0.05, 0) is 57.6 Å². The Morgan fingerprint density at radius 3 is 2.71 bits per heavy atom. The molecule has 0 atom stereocenters. The van der Waals surface area contributed by atoms with Crippen LogP contribution in [0.1, 0.15) is 68.7 Å². The maximum absolute atomic E-state index is 6.16. The van der Waals surface area contributed by atoms with Gasteiger partial charge in [0, 0.05) is 18.8 Å². The molecular weight excluding hydrogens is 262 g/mol. The molecule has 1 aromatic heterocycles. The van der Waals surface area contributed by atoms with Crippen LogP contribution >= 0.6 is 0 Å². The number of hydrogen-bond acceptors (Lipinski definition) is 4. The number of aromatic nitrogens is 2. The summed E-state index contributed by atoms with van der Waals surface area (Å²) < 4.78 is 6.16. The first-order chi connectivity index (χ1) is 10.3. The van der Waals surface area contributed by atoms with Gasteiger partial charge in [-0.2, -0.15) is 0 Å². The summed E-state index contributed by atoms with van der Waals surface area (Å²) in [6.07, 6.45) is 7.84. The molecule has 2 heterocycles. The summed E-state index contributed by atoms with van der Waals surface area (Å²) in [7, 11) is 0. The zero-order valence-corrected chi connectivity index (χ0v) is 13.4. The van der Waals surface area contributed by atoms with Crippen molar-refractivity contribution in [3.8, 4) is 0 Å². The zero-order valence-electron chi connectivity index (χ0n) is 13.4. The highest BCUT2D eigenvalue weighted by Crippen LogP contribution is 2.41. The van der Waals surface area contributed by atoms with E-state index in [1.165, 1.54) is 29.8 Å². The van der Waals surface area contributed by atoms with Crippen LogP contribution in [0.25, 0.3) is 0 Å². The Morgan fingerprint density at radius 1 is 1.19 bits per heavy atom. The standard InChI is InChI=1S/C17H27N3O/c1-3-7-14-13-8-11-18-12-15(13)20-16(19-14)17(21-4-2)9-5-6-10-17/h18H,3-12H2,1-2H3. The summed E-state index contributed by atoms with van der Waals surface area (Å²) in [4.78, 5) is 9.92. The van der Waals surface area contributed by atoms with Crippen molar-refractivity contribution in [2.24, 2.45) is 0 Å². The molecule has 1 aromatic rings. The van der Waals surface area contributed by atoms with Crippen LogP contribution in [0.3, 0.4) is 0 Å². The van der Waals surface area contributed by atoms with E-state index < -0.39 is 0 Å². The minimum absolute atomic E-state index is 0.219. The largest absolute Gasteiger partial charge is 0.367 e. The van der Waals surface area contributed by atoms with Gasteiger partial charge in [-0.1, -0.05) is 13.3 Å². The van der Waals surface area contributed by atoms with Crippen molar-refractivity contribution in [3.63, 3.8) is 0 Å². The molecule has 1 fully saturated rings. The number of rotatable bonds is 5. The topological polar surface area (TPSA) is 47.0 Å². The Hall–Kier alpha value is -1.00. The predicted molar refractivity (Wildman–Crippen MR) is 83.2 cm³/mol. The Kier molecular flexibility index (Phi) is 4.55. The summed E-state index contributed by atoms with van der Waals surface area (Å²) in [6, 6.07) is 0. The van der Waals surface area contributed by atoms with E-state index in [9.17, 15) is 0 Å². The van der Waals surface area contributed by atoms with Crippen molar-refractivity contribution in [1.82, 2.24) is 15.3 Å². The molecule has 1 aliphatic heterocycles. The lowest BCUT2D eigenvalue weighted by Crippen LogP contribution is -2.33. The van der Waals surface area contributed by atoms with Gasteiger partial charge in [0.15, 0.2) is 5.82 Å². The molecule has 0 saturated heterocycles. The van der Waals surface area contributed by atoms with E-state index in [2.05, 4.69) is 19.2 Å². The van der Waals surface area contributed by atoms with Crippen LogP contribution < -0.4 is 5.32 Å². The molecule has 0 unspecified atom stereocenters. The molecule has 116 valence electrons. The van der Waals surface area contributed by atoms with E-state index in [1.807, 2.05) is 0 Å². The summed E-state index contributed by atoms with van der Waals surface area (Å²) in [6.45, 7) is 6.96. The van der Waals surface area contributed by atoms with Crippen molar-refractivity contribution < 1.29 is 4.74 Å². The van der Waals surface area contributed by atoms with Crippen molar-refractivity contribution in [1.29, 1.82) is 0 Å². The van der Waals surface area contributed by atoms with Crippen molar-refractivity contribution in [2.45, 2.75) is 70.9 Å². The second-order valence-corrected chi connectivity index (χ2v) is 6.23.